The highest BCUT2D eigenvalue weighted by molar-refractivity contribution is 7.13. The first-order valence-corrected chi connectivity index (χ1v) is 7.84. The third-order valence-electron chi connectivity index (χ3n) is 2.93. The first-order chi connectivity index (χ1) is 10.1. The monoisotopic (exact) mass is 304 g/mol. The Morgan fingerprint density at radius 3 is 2.95 bits per heavy atom. The third kappa shape index (κ3) is 4.56. The van der Waals surface area contributed by atoms with Crippen LogP contribution in [0.15, 0.2) is 29.6 Å². The number of rotatable bonds is 6. The first kappa shape index (κ1) is 15.5. The average Bonchev–Trinajstić information content (AvgIpc) is 2.93. The van der Waals surface area contributed by atoms with Crippen LogP contribution in [0.5, 0.6) is 5.75 Å². The van der Waals surface area contributed by atoms with Gasteiger partial charge in [0.1, 0.15) is 10.8 Å². The van der Waals surface area contributed by atoms with Gasteiger partial charge in [-0.05, 0) is 32.4 Å². The predicted octanol–water partition coefficient (Wildman–Crippen LogP) is 3.28. The normalized spacial score (nSPS) is 10.7. The Labute approximate surface area is 129 Å². The SMILES string of the molecule is COc1cccc(-c2nc(CCC(=O)NC(C)C)cs2)c1. The summed E-state index contributed by atoms with van der Waals surface area (Å²) in [7, 11) is 1.65. The minimum atomic E-state index is 0.0703. The summed E-state index contributed by atoms with van der Waals surface area (Å²) in [5.74, 6) is 0.890. The van der Waals surface area contributed by atoms with E-state index in [2.05, 4.69) is 10.3 Å². The number of benzene rings is 1. The van der Waals surface area contributed by atoms with Gasteiger partial charge in [0, 0.05) is 23.4 Å². The minimum absolute atomic E-state index is 0.0703. The molecule has 0 spiro atoms. The summed E-state index contributed by atoms with van der Waals surface area (Å²) in [6.45, 7) is 3.92. The molecule has 112 valence electrons. The summed E-state index contributed by atoms with van der Waals surface area (Å²) in [4.78, 5) is 16.2. The number of hydrogen-bond acceptors (Lipinski definition) is 4. The lowest BCUT2D eigenvalue weighted by atomic mass is 10.2. The summed E-state index contributed by atoms with van der Waals surface area (Å²) in [6, 6.07) is 8.02. The van der Waals surface area contributed by atoms with Crippen LogP contribution in [0.2, 0.25) is 0 Å². The zero-order chi connectivity index (χ0) is 15.2. The molecule has 0 unspecified atom stereocenters. The van der Waals surface area contributed by atoms with Crippen LogP contribution in [0, 0.1) is 0 Å². The number of thiazole rings is 1. The standard InChI is InChI=1S/C16H20N2O2S/c1-11(2)17-15(19)8-7-13-10-21-16(18-13)12-5-4-6-14(9-12)20-3/h4-6,9-11H,7-8H2,1-3H3,(H,17,19). The summed E-state index contributed by atoms with van der Waals surface area (Å²) in [6.07, 6.45) is 1.14. The van der Waals surface area contributed by atoms with Gasteiger partial charge in [0.25, 0.3) is 0 Å². The minimum Gasteiger partial charge on any atom is -0.497 e. The zero-order valence-corrected chi connectivity index (χ0v) is 13.4. The molecule has 0 atom stereocenters. The fourth-order valence-electron chi connectivity index (χ4n) is 1.95. The Morgan fingerprint density at radius 2 is 2.24 bits per heavy atom. The molecular weight excluding hydrogens is 284 g/mol. The van der Waals surface area contributed by atoms with Gasteiger partial charge in [0.05, 0.1) is 12.8 Å². The number of aromatic nitrogens is 1. The van der Waals surface area contributed by atoms with Gasteiger partial charge in [0.2, 0.25) is 5.91 Å². The van der Waals surface area contributed by atoms with Gasteiger partial charge < -0.3 is 10.1 Å². The number of amides is 1. The van der Waals surface area contributed by atoms with Crippen LogP contribution in [0.4, 0.5) is 0 Å². The van der Waals surface area contributed by atoms with E-state index < -0.39 is 0 Å². The molecule has 2 aromatic rings. The van der Waals surface area contributed by atoms with Gasteiger partial charge in [0.15, 0.2) is 0 Å². The highest BCUT2D eigenvalue weighted by Crippen LogP contribution is 2.27. The highest BCUT2D eigenvalue weighted by atomic mass is 32.1. The second-order valence-electron chi connectivity index (χ2n) is 5.10. The second kappa shape index (κ2) is 7.22. The quantitative estimate of drug-likeness (QED) is 0.891. The maximum absolute atomic E-state index is 11.6. The molecule has 0 aliphatic carbocycles. The summed E-state index contributed by atoms with van der Waals surface area (Å²) in [5, 5.41) is 5.85. The van der Waals surface area contributed by atoms with Gasteiger partial charge in [-0.2, -0.15) is 0 Å². The number of methoxy groups -OCH3 is 1. The Kier molecular flexibility index (Phi) is 5.33. The first-order valence-electron chi connectivity index (χ1n) is 6.96. The number of carbonyl (C=O) groups excluding carboxylic acids is 1. The predicted molar refractivity (Wildman–Crippen MR) is 85.7 cm³/mol. The summed E-state index contributed by atoms with van der Waals surface area (Å²) >= 11 is 1.59. The molecule has 0 bridgehead atoms. The van der Waals surface area contributed by atoms with Gasteiger partial charge in [-0.3, -0.25) is 4.79 Å². The molecule has 0 saturated heterocycles. The van der Waals surface area contributed by atoms with Gasteiger partial charge >= 0.3 is 0 Å². The van der Waals surface area contributed by atoms with Crippen molar-refractivity contribution in [2.45, 2.75) is 32.7 Å². The molecule has 0 radical (unpaired) electrons. The van der Waals surface area contributed by atoms with Gasteiger partial charge in [-0.1, -0.05) is 12.1 Å². The summed E-state index contributed by atoms with van der Waals surface area (Å²) in [5.41, 5.74) is 1.99. The third-order valence-corrected chi connectivity index (χ3v) is 3.87. The molecule has 0 aliphatic heterocycles. The number of nitrogens with zero attached hydrogens (tertiary/aromatic N) is 1. The van der Waals surface area contributed by atoms with Crippen LogP contribution < -0.4 is 10.1 Å². The Morgan fingerprint density at radius 1 is 1.43 bits per heavy atom. The maximum Gasteiger partial charge on any atom is 0.220 e. The van der Waals surface area contributed by atoms with Crippen LogP contribution >= 0.6 is 11.3 Å². The van der Waals surface area contributed by atoms with E-state index >= 15 is 0 Å². The van der Waals surface area contributed by atoms with E-state index in [0.717, 1.165) is 22.0 Å². The van der Waals surface area contributed by atoms with E-state index in [4.69, 9.17) is 4.74 Å². The zero-order valence-electron chi connectivity index (χ0n) is 12.6. The van der Waals surface area contributed by atoms with E-state index in [-0.39, 0.29) is 11.9 Å². The van der Waals surface area contributed by atoms with Crippen molar-refractivity contribution < 1.29 is 9.53 Å². The lowest BCUT2D eigenvalue weighted by Gasteiger charge is -2.06. The van der Waals surface area contributed by atoms with Crippen molar-refractivity contribution in [3.05, 3.63) is 35.3 Å². The molecule has 1 N–H and O–H groups in total. The van der Waals surface area contributed by atoms with Crippen LogP contribution in [-0.2, 0) is 11.2 Å². The van der Waals surface area contributed by atoms with Crippen LogP contribution in [0.1, 0.15) is 26.0 Å². The van der Waals surface area contributed by atoms with Crippen LogP contribution in [-0.4, -0.2) is 24.0 Å². The van der Waals surface area contributed by atoms with E-state index in [1.807, 2.05) is 43.5 Å². The van der Waals surface area contributed by atoms with Crippen molar-refractivity contribution in [1.29, 1.82) is 0 Å². The van der Waals surface area contributed by atoms with Crippen molar-refractivity contribution in [1.82, 2.24) is 10.3 Å². The van der Waals surface area contributed by atoms with Crippen LogP contribution in [0.3, 0.4) is 0 Å². The molecule has 0 aliphatic rings. The number of carbonyl (C=O) groups is 1. The smallest absolute Gasteiger partial charge is 0.220 e. The van der Waals surface area contributed by atoms with E-state index in [1.165, 1.54) is 0 Å². The number of nitrogens with one attached hydrogen (secondary N) is 1. The molecule has 2 rings (SSSR count). The van der Waals surface area contributed by atoms with Crippen molar-refractivity contribution in [2.75, 3.05) is 7.11 Å². The highest BCUT2D eigenvalue weighted by Gasteiger charge is 2.08. The second-order valence-corrected chi connectivity index (χ2v) is 5.96. The lowest BCUT2D eigenvalue weighted by molar-refractivity contribution is -0.121. The number of aryl methyl sites for hydroxylation is 1. The molecule has 21 heavy (non-hydrogen) atoms. The van der Waals surface area contributed by atoms with Crippen molar-refractivity contribution >= 4 is 17.2 Å². The average molecular weight is 304 g/mol. The lowest BCUT2D eigenvalue weighted by Crippen LogP contribution is -2.30. The van der Waals surface area contributed by atoms with Crippen molar-refractivity contribution in [3.8, 4) is 16.3 Å². The molecule has 4 nitrogen and oxygen atoms in total. The molecular formula is C16H20N2O2S. The molecule has 5 heteroatoms. The number of ether oxygens (including phenoxy) is 1. The Hall–Kier alpha value is -1.88. The van der Waals surface area contributed by atoms with E-state index in [9.17, 15) is 4.79 Å². The van der Waals surface area contributed by atoms with Crippen LogP contribution in [0.25, 0.3) is 10.6 Å². The molecule has 1 amide bonds. The largest absolute Gasteiger partial charge is 0.497 e. The van der Waals surface area contributed by atoms with Gasteiger partial charge in [-0.15, -0.1) is 11.3 Å². The maximum atomic E-state index is 11.6. The fourth-order valence-corrected chi connectivity index (χ4v) is 2.80. The van der Waals surface area contributed by atoms with Crippen molar-refractivity contribution in [3.63, 3.8) is 0 Å². The molecule has 1 aromatic heterocycles. The molecule has 1 aromatic carbocycles. The summed E-state index contributed by atoms with van der Waals surface area (Å²) < 4.78 is 5.22. The molecule has 0 fully saturated rings. The molecule has 0 saturated carbocycles. The fraction of sp³-hybridized carbons (Fsp3) is 0.375. The van der Waals surface area contributed by atoms with Crippen molar-refractivity contribution in [2.24, 2.45) is 0 Å². The topological polar surface area (TPSA) is 51.2 Å². The Bertz CT molecular complexity index is 608. The molecule has 1 heterocycles. The van der Waals surface area contributed by atoms with Gasteiger partial charge in [-0.25, -0.2) is 4.98 Å². The van der Waals surface area contributed by atoms with E-state index in [1.54, 1.807) is 18.4 Å². The Balaban J connectivity index is 1.99. The van der Waals surface area contributed by atoms with E-state index in [0.29, 0.717) is 12.8 Å². The number of hydrogen-bond donors (Lipinski definition) is 1.